The van der Waals surface area contributed by atoms with Crippen molar-refractivity contribution in [3.8, 4) is 0 Å². The Labute approximate surface area is 67.6 Å². The van der Waals surface area contributed by atoms with Crippen LogP contribution in [0.15, 0.2) is 11.4 Å². The van der Waals surface area contributed by atoms with Crippen LogP contribution in [0.25, 0.3) is 0 Å². The number of imidazole rings is 1. The topological polar surface area (TPSA) is 61.0 Å². The summed E-state index contributed by atoms with van der Waals surface area (Å²) >= 11 is 1.38. The Morgan fingerprint density at radius 1 is 1.82 bits per heavy atom. The second-order valence-electron chi connectivity index (χ2n) is 1.92. The first kappa shape index (κ1) is 8.06. The number of rotatable bonds is 2. The molecule has 0 N–H and O–H groups in total. The fraction of sp³-hybridized carbons (Fsp3) is 0.400. The predicted molar refractivity (Wildman–Crippen MR) is 41.6 cm³/mol. The van der Waals surface area contributed by atoms with Gasteiger partial charge in [-0.25, -0.2) is 9.55 Å². The molecule has 0 spiro atoms. The number of hydrogen-bond acceptors (Lipinski definition) is 4. The lowest BCUT2D eigenvalue weighted by molar-refractivity contribution is -0.392. The van der Waals surface area contributed by atoms with Gasteiger partial charge < -0.3 is 10.1 Å². The van der Waals surface area contributed by atoms with E-state index in [1.165, 1.54) is 22.5 Å². The summed E-state index contributed by atoms with van der Waals surface area (Å²) in [6.45, 7) is 0. The third kappa shape index (κ3) is 1.35. The smallest absolute Gasteiger partial charge is 0.343 e. The highest BCUT2D eigenvalue weighted by Crippen LogP contribution is 2.18. The molecular formula is C5H7N3O2S. The largest absolute Gasteiger partial charge is 0.358 e. The summed E-state index contributed by atoms with van der Waals surface area (Å²) < 4.78 is 1.45. The Morgan fingerprint density at radius 2 is 2.45 bits per heavy atom. The van der Waals surface area contributed by atoms with Gasteiger partial charge >= 0.3 is 5.82 Å². The zero-order valence-corrected chi connectivity index (χ0v) is 6.96. The average Bonchev–Trinajstić information content (AvgIpc) is 2.30. The van der Waals surface area contributed by atoms with E-state index in [4.69, 9.17) is 0 Å². The number of nitro groups is 1. The van der Waals surface area contributed by atoms with Crippen LogP contribution in [0, 0.1) is 10.1 Å². The van der Waals surface area contributed by atoms with Gasteiger partial charge in [0.2, 0.25) is 0 Å². The molecular weight excluding hydrogens is 166 g/mol. The zero-order valence-electron chi connectivity index (χ0n) is 6.14. The maximum absolute atomic E-state index is 10.3. The van der Waals surface area contributed by atoms with Crippen LogP contribution in [-0.4, -0.2) is 20.7 Å². The van der Waals surface area contributed by atoms with Gasteiger partial charge in [-0.05, 0) is 11.2 Å². The summed E-state index contributed by atoms with van der Waals surface area (Å²) in [5.41, 5.74) is 0. The standard InChI is InChI=1S/C5H7N3O2S/c1-7-4(8(9)10)3-6-5(7)11-2/h3H,1-2H3. The molecule has 6 heteroatoms. The molecule has 1 aromatic heterocycles. The van der Waals surface area contributed by atoms with Crippen LogP contribution >= 0.6 is 11.8 Å². The van der Waals surface area contributed by atoms with Crippen LogP contribution in [0.1, 0.15) is 0 Å². The first-order valence-corrected chi connectivity index (χ1v) is 4.09. The second kappa shape index (κ2) is 2.91. The van der Waals surface area contributed by atoms with E-state index in [1.54, 1.807) is 7.05 Å². The minimum Gasteiger partial charge on any atom is -0.358 e. The quantitative estimate of drug-likeness (QED) is 0.381. The molecule has 1 heterocycles. The molecule has 0 atom stereocenters. The first-order valence-electron chi connectivity index (χ1n) is 2.87. The van der Waals surface area contributed by atoms with Gasteiger partial charge in [-0.1, -0.05) is 11.8 Å². The van der Waals surface area contributed by atoms with E-state index >= 15 is 0 Å². The second-order valence-corrected chi connectivity index (χ2v) is 2.69. The van der Waals surface area contributed by atoms with Crippen LogP contribution < -0.4 is 0 Å². The summed E-state index contributed by atoms with van der Waals surface area (Å²) in [5.74, 6) is 0.0225. The zero-order chi connectivity index (χ0) is 8.43. The Bertz CT molecular complexity index is 283. The summed E-state index contributed by atoms with van der Waals surface area (Å²) in [7, 11) is 1.62. The Morgan fingerprint density at radius 3 is 2.73 bits per heavy atom. The lowest BCUT2D eigenvalue weighted by Crippen LogP contribution is -1.97. The van der Waals surface area contributed by atoms with E-state index in [-0.39, 0.29) is 5.82 Å². The molecule has 0 saturated carbocycles. The molecule has 0 aliphatic heterocycles. The summed E-state index contributed by atoms with van der Waals surface area (Å²) in [4.78, 5) is 13.7. The molecule has 0 aromatic carbocycles. The van der Waals surface area contributed by atoms with Gasteiger partial charge in [-0.2, -0.15) is 0 Å². The molecule has 1 aromatic rings. The minimum absolute atomic E-state index is 0.0225. The number of hydrogen-bond donors (Lipinski definition) is 0. The number of thioether (sulfide) groups is 1. The molecule has 0 aliphatic carbocycles. The highest BCUT2D eigenvalue weighted by molar-refractivity contribution is 7.98. The molecule has 0 aliphatic rings. The monoisotopic (exact) mass is 173 g/mol. The number of nitrogens with zero attached hydrogens (tertiary/aromatic N) is 3. The van der Waals surface area contributed by atoms with E-state index < -0.39 is 4.92 Å². The van der Waals surface area contributed by atoms with Gasteiger partial charge in [0.25, 0.3) is 5.16 Å². The van der Waals surface area contributed by atoms with Crippen molar-refractivity contribution in [1.82, 2.24) is 9.55 Å². The van der Waals surface area contributed by atoms with Crippen molar-refractivity contribution in [2.24, 2.45) is 7.05 Å². The van der Waals surface area contributed by atoms with Crippen LogP contribution in [-0.2, 0) is 7.05 Å². The fourth-order valence-electron chi connectivity index (χ4n) is 0.743. The molecule has 0 fully saturated rings. The van der Waals surface area contributed by atoms with Crippen LogP contribution in [0.2, 0.25) is 0 Å². The molecule has 0 bridgehead atoms. The van der Waals surface area contributed by atoms with Crippen molar-refractivity contribution >= 4 is 17.6 Å². The lowest BCUT2D eigenvalue weighted by atomic mass is 10.8. The third-order valence-electron chi connectivity index (χ3n) is 1.29. The maximum atomic E-state index is 10.3. The summed E-state index contributed by atoms with van der Waals surface area (Å²) in [5, 5.41) is 10.9. The molecule has 0 unspecified atom stereocenters. The normalized spacial score (nSPS) is 10.0. The van der Waals surface area contributed by atoms with Gasteiger partial charge in [-0.3, -0.25) is 0 Å². The maximum Gasteiger partial charge on any atom is 0.343 e. The van der Waals surface area contributed by atoms with Crippen molar-refractivity contribution in [1.29, 1.82) is 0 Å². The molecule has 60 valence electrons. The highest BCUT2D eigenvalue weighted by Gasteiger charge is 2.14. The van der Waals surface area contributed by atoms with Gasteiger partial charge in [-0.15, -0.1) is 0 Å². The summed E-state index contributed by atoms with van der Waals surface area (Å²) in [6.07, 6.45) is 3.08. The Kier molecular flexibility index (Phi) is 2.13. The van der Waals surface area contributed by atoms with E-state index in [9.17, 15) is 10.1 Å². The van der Waals surface area contributed by atoms with Crippen molar-refractivity contribution in [2.75, 3.05) is 6.26 Å². The van der Waals surface area contributed by atoms with Crippen LogP contribution in [0.3, 0.4) is 0 Å². The lowest BCUT2D eigenvalue weighted by Gasteiger charge is -1.93. The molecule has 1 rings (SSSR count). The van der Waals surface area contributed by atoms with E-state index in [2.05, 4.69) is 4.98 Å². The average molecular weight is 173 g/mol. The Hall–Kier alpha value is -1.04. The van der Waals surface area contributed by atoms with Crippen molar-refractivity contribution in [2.45, 2.75) is 5.16 Å². The third-order valence-corrected chi connectivity index (χ3v) is 2.04. The van der Waals surface area contributed by atoms with E-state index in [1.807, 2.05) is 6.26 Å². The molecule has 11 heavy (non-hydrogen) atoms. The predicted octanol–water partition coefficient (Wildman–Crippen LogP) is 1.05. The number of aromatic nitrogens is 2. The SMILES string of the molecule is CSc1ncc([N+](=O)[O-])n1C. The van der Waals surface area contributed by atoms with Crippen molar-refractivity contribution < 1.29 is 4.92 Å². The van der Waals surface area contributed by atoms with Gasteiger partial charge in [0.1, 0.15) is 6.20 Å². The highest BCUT2D eigenvalue weighted by atomic mass is 32.2. The van der Waals surface area contributed by atoms with E-state index in [0.717, 1.165) is 0 Å². The van der Waals surface area contributed by atoms with Crippen molar-refractivity contribution in [3.05, 3.63) is 16.3 Å². The summed E-state index contributed by atoms with van der Waals surface area (Å²) in [6, 6.07) is 0. The minimum atomic E-state index is -0.452. The first-order chi connectivity index (χ1) is 5.16. The molecule has 5 nitrogen and oxygen atoms in total. The Balaban J connectivity index is 3.10. The fourth-order valence-corrected chi connectivity index (χ4v) is 1.27. The van der Waals surface area contributed by atoms with Gasteiger partial charge in [0, 0.05) is 0 Å². The van der Waals surface area contributed by atoms with Crippen molar-refractivity contribution in [3.63, 3.8) is 0 Å². The van der Waals surface area contributed by atoms with Gasteiger partial charge in [0.05, 0.1) is 7.05 Å². The van der Waals surface area contributed by atoms with Gasteiger partial charge in [0.15, 0.2) is 0 Å². The van der Waals surface area contributed by atoms with Crippen LogP contribution in [0.5, 0.6) is 0 Å². The molecule has 0 saturated heterocycles. The van der Waals surface area contributed by atoms with E-state index in [0.29, 0.717) is 5.16 Å². The molecule has 0 amide bonds. The molecule has 0 radical (unpaired) electrons. The van der Waals surface area contributed by atoms with Crippen LogP contribution in [0.4, 0.5) is 5.82 Å².